The van der Waals surface area contributed by atoms with E-state index in [1.54, 1.807) is 52.0 Å². The molecule has 14 heteroatoms. The lowest BCUT2D eigenvalue weighted by Gasteiger charge is -2.21. The van der Waals surface area contributed by atoms with Gasteiger partial charge in [-0.1, -0.05) is 39.8 Å². The molecule has 5 rings (SSSR count). The Morgan fingerprint density at radius 1 is 0.902 bits per heavy atom. The minimum atomic E-state index is -1.32. The largest absolute Gasteiger partial charge is 0.648 e. The highest BCUT2D eigenvalue weighted by Crippen LogP contribution is 2.41. The molecule has 1 aliphatic heterocycles. The number of nitrogens with zero attached hydrogens (tertiary/aromatic N) is 1. The molecule has 0 spiro atoms. The molecule has 1 fully saturated rings. The molecule has 4 aromatic rings. The van der Waals surface area contributed by atoms with Gasteiger partial charge in [0.1, 0.15) is 23.7 Å². The molecule has 4 N–H and O–H groups in total. The van der Waals surface area contributed by atoms with Crippen LogP contribution in [0.25, 0.3) is 38.4 Å². The van der Waals surface area contributed by atoms with Crippen molar-refractivity contribution in [1.29, 1.82) is 0 Å². The van der Waals surface area contributed by atoms with Crippen molar-refractivity contribution in [3.05, 3.63) is 71.0 Å². The lowest BCUT2D eigenvalue weighted by Crippen LogP contribution is -2.36. The van der Waals surface area contributed by atoms with Gasteiger partial charge in [0.15, 0.2) is 0 Å². The van der Waals surface area contributed by atoms with Crippen molar-refractivity contribution < 1.29 is 57.9 Å². The van der Waals surface area contributed by atoms with Crippen LogP contribution in [-0.2, 0) is 19.1 Å². The predicted molar refractivity (Wildman–Crippen MR) is 183 cm³/mol. The highest BCUT2D eigenvalue weighted by atomic mass is 16.5. The van der Waals surface area contributed by atoms with Crippen LogP contribution in [0.3, 0.4) is 0 Å². The fraction of sp³-hybridized carbons (Fsp3) is 0.351. The van der Waals surface area contributed by atoms with Crippen LogP contribution in [0.15, 0.2) is 59.0 Å². The number of carboxylic acid groups (broad SMARTS) is 1. The number of carbonyl (C=O) groups excluding carboxylic acids is 4. The van der Waals surface area contributed by atoms with E-state index < -0.39 is 66.5 Å². The fourth-order valence-corrected chi connectivity index (χ4v) is 5.41. The molecule has 1 aliphatic rings. The molecule has 3 atom stereocenters. The van der Waals surface area contributed by atoms with Gasteiger partial charge in [0.05, 0.1) is 58.9 Å². The number of aliphatic hydroxyl groups excluding tert-OH is 2. The molecular weight excluding hydrogens is 664 g/mol. The normalized spacial score (nSPS) is 17.1. The summed E-state index contributed by atoms with van der Waals surface area (Å²) in [4.78, 5) is 62.7. The van der Waals surface area contributed by atoms with Crippen LogP contribution in [0.5, 0.6) is 11.5 Å². The van der Waals surface area contributed by atoms with Gasteiger partial charge in [-0.15, -0.1) is 6.54 Å². The highest BCUT2D eigenvalue weighted by Gasteiger charge is 2.37. The molecule has 3 aromatic carbocycles. The Balaban J connectivity index is 1.46. The van der Waals surface area contributed by atoms with E-state index in [1.807, 2.05) is 0 Å². The Bertz CT molecular complexity index is 1930. The SMILES string of the molecule is CC(C)C(=O)Oc1ccc2c(-c3ccc(C(=O)[N-]CCNC(=O)[C@H]4C[C@H](O)[C@@H](CO)O4)cc3C(=O)O)c3ccc(OC(=O)C(C)C)cc3[o+]c2c1. The number of carboxylic acids is 1. The summed E-state index contributed by atoms with van der Waals surface area (Å²) in [7, 11) is 0. The molecule has 51 heavy (non-hydrogen) atoms. The van der Waals surface area contributed by atoms with E-state index in [0.29, 0.717) is 16.3 Å². The van der Waals surface area contributed by atoms with E-state index in [1.165, 1.54) is 30.3 Å². The van der Waals surface area contributed by atoms with Crippen molar-refractivity contribution in [3.8, 4) is 22.6 Å². The molecule has 268 valence electrons. The number of rotatable bonds is 12. The number of hydrogen-bond acceptors (Lipinski definition) is 10. The van der Waals surface area contributed by atoms with Crippen LogP contribution in [0, 0.1) is 11.8 Å². The van der Waals surface area contributed by atoms with Crippen LogP contribution in [0.4, 0.5) is 0 Å². The first-order valence-corrected chi connectivity index (χ1v) is 16.4. The molecule has 0 radical (unpaired) electrons. The second kappa shape index (κ2) is 15.6. The van der Waals surface area contributed by atoms with Crippen LogP contribution in [0.2, 0.25) is 0 Å². The second-order valence-electron chi connectivity index (χ2n) is 12.6. The molecule has 14 nitrogen and oxygen atoms in total. The summed E-state index contributed by atoms with van der Waals surface area (Å²) < 4.78 is 22.5. The topological polar surface area (TPSA) is 211 Å². The molecule has 0 bridgehead atoms. The molecule has 1 aromatic heterocycles. The minimum absolute atomic E-state index is 0.00416. The van der Waals surface area contributed by atoms with Gasteiger partial charge in [0, 0.05) is 24.1 Å². The van der Waals surface area contributed by atoms with E-state index in [-0.39, 0.29) is 58.9 Å². The smallest absolute Gasteiger partial charge is 0.365 e. The third-order valence-electron chi connectivity index (χ3n) is 8.17. The van der Waals surface area contributed by atoms with Crippen molar-refractivity contribution in [2.24, 2.45) is 11.8 Å². The van der Waals surface area contributed by atoms with Crippen LogP contribution >= 0.6 is 0 Å². The van der Waals surface area contributed by atoms with Crippen molar-refractivity contribution in [2.45, 2.75) is 52.4 Å². The average molecular weight is 703 g/mol. The Labute approximate surface area is 292 Å². The molecule has 0 unspecified atom stereocenters. The Morgan fingerprint density at radius 2 is 1.49 bits per heavy atom. The van der Waals surface area contributed by atoms with Gasteiger partial charge < -0.3 is 45.0 Å². The summed E-state index contributed by atoms with van der Waals surface area (Å²) in [6.45, 7) is 6.21. The van der Waals surface area contributed by atoms with Gasteiger partial charge in [-0.3, -0.25) is 14.4 Å². The summed E-state index contributed by atoms with van der Waals surface area (Å²) in [6.07, 6.45) is -2.74. The van der Waals surface area contributed by atoms with Crippen molar-refractivity contribution in [1.82, 2.24) is 5.32 Å². The Morgan fingerprint density at radius 3 is 2.00 bits per heavy atom. The number of hydrogen-bond donors (Lipinski definition) is 4. The quantitative estimate of drug-likeness (QED) is 0.0529. The summed E-state index contributed by atoms with van der Waals surface area (Å²) in [6, 6.07) is 13.6. The van der Waals surface area contributed by atoms with Crippen molar-refractivity contribution in [3.63, 3.8) is 0 Å². The van der Waals surface area contributed by atoms with Crippen LogP contribution in [0.1, 0.15) is 54.8 Å². The number of carbonyl (C=O) groups is 5. The third-order valence-corrected chi connectivity index (χ3v) is 8.17. The van der Waals surface area contributed by atoms with Crippen molar-refractivity contribution >= 4 is 51.7 Å². The average Bonchev–Trinajstić information content (AvgIpc) is 3.48. The molecule has 1 saturated heterocycles. The highest BCUT2D eigenvalue weighted by molar-refractivity contribution is 6.14. The first-order valence-electron chi connectivity index (χ1n) is 16.4. The summed E-state index contributed by atoms with van der Waals surface area (Å²) in [5.74, 6) is -3.85. The van der Waals surface area contributed by atoms with E-state index in [4.69, 9.17) is 18.6 Å². The number of aliphatic hydroxyl groups is 2. The Hall–Kier alpha value is -5.44. The zero-order valence-electron chi connectivity index (χ0n) is 28.4. The summed E-state index contributed by atoms with van der Waals surface area (Å²) in [5.41, 5.74) is 0.965. The van der Waals surface area contributed by atoms with Gasteiger partial charge in [-0.2, -0.15) is 0 Å². The number of benzene rings is 3. The van der Waals surface area contributed by atoms with Gasteiger partial charge in [0.25, 0.3) is 0 Å². The summed E-state index contributed by atoms with van der Waals surface area (Å²) >= 11 is 0. The maximum Gasteiger partial charge on any atom is 0.365 e. The fourth-order valence-electron chi connectivity index (χ4n) is 5.41. The van der Waals surface area contributed by atoms with E-state index in [9.17, 15) is 39.3 Å². The predicted octanol–water partition coefficient (Wildman–Crippen LogP) is 4.50. The van der Waals surface area contributed by atoms with Crippen molar-refractivity contribution in [2.75, 3.05) is 19.7 Å². The maximum absolute atomic E-state index is 13.0. The van der Waals surface area contributed by atoms with Crippen LogP contribution in [-0.4, -0.2) is 83.1 Å². The molecule has 2 heterocycles. The number of aromatic carboxylic acids is 1. The van der Waals surface area contributed by atoms with Gasteiger partial charge in [-0.05, 0) is 35.9 Å². The number of fused-ring (bicyclic) bond motifs is 2. The monoisotopic (exact) mass is 702 g/mol. The maximum atomic E-state index is 13.0. The van der Waals surface area contributed by atoms with Gasteiger partial charge in [-0.25, -0.2) is 9.21 Å². The standard InChI is InChI=1S/C37H38N2O12/c1-18(2)36(46)48-21-6-9-24-28(14-21)50-29-15-22(49-37(47)19(3)4)7-10-25(29)32(24)23-8-5-20(13-26(23)35(44)45)33(42)38-11-12-39-34(43)30-16-27(41)31(17-40)51-30/h5-10,13-15,18-19,27,30-31,40-41H,11-12,16-17H2,1-4H3,(H2-,38,39,42,43,44,45)/t27-,30+,31+/m0/s1. The summed E-state index contributed by atoms with van der Waals surface area (Å²) in [5, 5.41) is 36.9. The lowest BCUT2D eigenvalue weighted by atomic mass is 9.92. The zero-order valence-corrected chi connectivity index (χ0v) is 28.4. The third kappa shape index (κ3) is 8.31. The Kier molecular flexibility index (Phi) is 11.3. The number of esters is 2. The van der Waals surface area contributed by atoms with E-state index in [2.05, 4.69) is 10.6 Å². The van der Waals surface area contributed by atoms with Gasteiger partial charge >= 0.3 is 29.1 Å². The van der Waals surface area contributed by atoms with Gasteiger partial charge in [0.2, 0.25) is 5.91 Å². The van der Waals surface area contributed by atoms with Crippen LogP contribution < -0.4 is 14.8 Å². The van der Waals surface area contributed by atoms with E-state index in [0.717, 1.165) is 0 Å². The number of nitrogens with one attached hydrogen (secondary N) is 1. The molecule has 2 amide bonds. The minimum Gasteiger partial charge on any atom is -0.648 e. The molecule has 0 aliphatic carbocycles. The van der Waals surface area contributed by atoms with E-state index >= 15 is 0 Å². The number of amides is 2. The molecule has 0 saturated carbocycles. The molecular formula is C37H38N2O12. The zero-order chi connectivity index (χ0) is 37.0. The lowest BCUT2D eigenvalue weighted by molar-refractivity contribution is -0.138. The number of ether oxygens (including phenoxy) is 3. The first-order chi connectivity index (χ1) is 24.3. The first kappa shape index (κ1) is 36.8. The second-order valence-corrected chi connectivity index (χ2v) is 12.6.